The highest BCUT2D eigenvalue weighted by Crippen LogP contribution is 2.08. The molecule has 0 saturated carbocycles. The maximum Gasteiger partial charge on any atom is 0.255 e. The number of pyridine rings is 1. The Morgan fingerprint density at radius 2 is 2.29 bits per heavy atom. The largest absolute Gasteiger partial charge is 0.494 e. The predicted octanol–water partition coefficient (Wildman–Crippen LogP) is 0.566. The Labute approximate surface area is 99.1 Å². The van der Waals surface area contributed by atoms with E-state index in [4.69, 9.17) is 6.42 Å². The summed E-state index contributed by atoms with van der Waals surface area (Å²) < 4.78 is 0. The van der Waals surface area contributed by atoms with E-state index in [-0.39, 0.29) is 23.9 Å². The first-order chi connectivity index (χ1) is 8.08. The van der Waals surface area contributed by atoms with Gasteiger partial charge in [-0.3, -0.25) is 14.6 Å². The Kier molecular flexibility index (Phi) is 4.35. The lowest BCUT2D eigenvalue weighted by atomic mass is 10.2. The summed E-state index contributed by atoms with van der Waals surface area (Å²) in [5.74, 6) is 1.70. The van der Waals surface area contributed by atoms with Gasteiger partial charge in [-0.2, -0.15) is 0 Å². The quantitative estimate of drug-likeness (QED) is 0.748. The van der Waals surface area contributed by atoms with E-state index in [1.54, 1.807) is 0 Å². The molecule has 0 aliphatic rings. The Morgan fingerprint density at radius 1 is 1.59 bits per heavy atom. The summed E-state index contributed by atoms with van der Waals surface area (Å²) in [7, 11) is 0. The average molecular weight is 234 g/mol. The molecule has 5 nitrogen and oxygen atoms in total. The number of aromatic hydroxyl groups is 1. The molecule has 0 aliphatic heterocycles. The van der Waals surface area contributed by atoms with E-state index in [2.05, 4.69) is 10.9 Å². The molecule has 0 aromatic carbocycles. The highest BCUT2D eigenvalue weighted by Gasteiger charge is 2.15. The van der Waals surface area contributed by atoms with Crippen molar-refractivity contribution >= 4 is 5.91 Å². The summed E-state index contributed by atoms with van der Waals surface area (Å²) in [6.45, 7) is 2.61. The van der Waals surface area contributed by atoms with Gasteiger partial charge in [-0.25, -0.2) is 0 Å². The summed E-state index contributed by atoms with van der Waals surface area (Å²) in [6, 6.07) is 2.35. The van der Waals surface area contributed by atoms with Crippen LogP contribution < -0.4 is 5.56 Å². The Bertz CT molecular complexity index is 499. The van der Waals surface area contributed by atoms with Crippen molar-refractivity contribution in [2.24, 2.45) is 0 Å². The van der Waals surface area contributed by atoms with E-state index in [9.17, 15) is 14.7 Å². The molecule has 0 spiro atoms. The number of nitrogens with one attached hydrogen (secondary N) is 1. The van der Waals surface area contributed by atoms with E-state index in [1.807, 2.05) is 6.92 Å². The zero-order valence-corrected chi connectivity index (χ0v) is 9.56. The molecule has 1 heterocycles. The number of aromatic amines is 1. The standard InChI is InChI=1S/C12H14N2O3/c1-3-5-14(6-4-2)12(17)9-7-10(15)13-11(16)8-9/h1,7-8H,4-6H2,2H3,(H2,13,15,16). The highest BCUT2D eigenvalue weighted by molar-refractivity contribution is 5.94. The van der Waals surface area contributed by atoms with Gasteiger partial charge in [0.05, 0.1) is 12.1 Å². The summed E-state index contributed by atoms with van der Waals surface area (Å²) in [5, 5.41) is 9.22. The van der Waals surface area contributed by atoms with Crippen LogP contribution in [0.4, 0.5) is 0 Å². The van der Waals surface area contributed by atoms with Gasteiger partial charge in [0.1, 0.15) is 0 Å². The zero-order chi connectivity index (χ0) is 12.8. The molecule has 0 bridgehead atoms. The minimum atomic E-state index is -0.523. The zero-order valence-electron chi connectivity index (χ0n) is 9.56. The lowest BCUT2D eigenvalue weighted by Gasteiger charge is -2.19. The number of H-pyrrole nitrogens is 1. The van der Waals surface area contributed by atoms with Gasteiger partial charge in [0.15, 0.2) is 5.88 Å². The van der Waals surface area contributed by atoms with E-state index >= 15 is 0 Å². The first-order valence-corrected chi connectivity index (χ1v) is 5.24. The highest BCUT2D eigenvalue weighted by atomic mass is 16.3. The molecule has 2 N–H and O–H groups in total. The summed E-state index contributed by atoms with van der Waals surface area (Å²) in [6.07, 6.45) is 5.94. The van der Waals surface area contributed by atoms with Crippen molar-refractivity contribution < 1.29 is 9.90 Å². The van der Waals surface area contributed by atoms with Crippen LogP contribution >= 0.6 is 0 Å². The number of hydrogen-bond acceptors (Lipinski definition) is 3. The minimum Gasteiger partial charge on any atom is -0.494 e. The molecule has 1 aromatic heterocycles. The molecule has 0 atom stereocenters. The lowest BCUT2D eigenvalue weighted by molar-refractivity contribution is 0.0776. The molecule has 17 heavy (non-hydrogen) atoms. The number of terminal acetylenes is 1. The second-order valence-corrected chi connectivity index (χ2v) is 3.55. The second-order valence-electron chi connectivity index (χ2n) is 3.55. The van der Waals surface area contributed by atoms with E-state index < -0.39 is 5.56 Å². The molecule has 90 valence electrons. The first kappa shape index (κ1) is 12.8. The number of aromatic nitrogens is 1. The fourth-order valence-corrected chi connectivity index (χ4v) is 1.47. The number of rotatable bonds is 4. The molecule has 1 amide bonds. The third-order valence-electron chi connectivity index (χ3n) is 2.14. The topological polar surface area (TPSA) is 73.4 Å². The average Bonchev–Trinajstić information content (AvgIpc) is 2.26. The summed E-state index contributed by atoms with van der Waals surface area (Å²) >= 11 is 0. The van der Waals surface area contributed by atoms with E-state index in [0.29, 0.717) is 6.54 Å². The number of amides is 1. The molecular weight excluding hydrogens is 220 g/mol. The van der Waals surface area contributed by atoms with Crippen LogP contribution in [-0.4, -0.2) is 34.0 Å². The summed E-state index contributed by atoms with van der Waals surface area (Å²) in [5.41, 5.74) is -0.388. The van der Waals surface area contributed by atoms with Gasteiger partial charge in [-0.05, 0) is 6.42 Å². The Hall–Kier alpha value is -2.22. The van der Waals surface area contributed by atoms with Gasteiger partial charge in [-0.1, -0.05) is 12.8 Å². The Morgan fingerprint density at radius 3 is 2.82 bits per heavy atom. The van der Waals surface area contributed by atoms with Gasteiger partial charge in [-0.15, -0.1) is 6.42 Å². The molecule has 0 fully saturated rings. The van der Waals surface area contributed by atoms with Crippen molar-refractivity contribution in [3.8, 4) is 18.2 Å². The lowest BCUT2D eigenvalue weighted by Crippen LogP contribution is -2.32. The fraction of sp³-hybridized carbons (Fsp3) is 0.333. The van der Waals surface area contributed by atoms with Crippen LogP contribution in [0.2, 0.25) is 0 Å². The van der Waals surface area contributed by atoms with Crippen molar-refractivity contribution in [1.29, 1.82) is 0 Å². The first-order valence-electron chi connectivity index (χ1n) is 5.24. The van der Waals surface area contributed by atoms with Crippen LogP contribution in [0.25, 0.3) is 0 Å². The Balaban J connectivity index is 3.01. The molecular formula is C12H14N2O3. The van der Waals surface area contributed by atoms with Crippen LogP contribution in [0.3, 0.4) is 0 Å². The summed E-state index contributed by atoms with van der Waals surface area (Å²) in [4.78, 5) is 26.7. The van der Waals surface area contributed by atoms with Gasteiger partial charge in [0, 0.05) is 18.7 Å². The normalized spacial score (nSPS) is 9.65. The van der Waals surface area contributed by atoms with Crippen LogP contribution in [0.1, 0.15) is 23.7 Å². The van der Waals surface area contributed by atoms with E-state index in [1.165, 1.54) is 11.0 Å². The van der Waals surface area contributed by atoms with Crippen molar-refractivity contribution in [3.05, 3.63) is 28.0 Å². The van der Waals surface area contributed by atoms with Crippen LogP contribution in [0.15, 0.2) is 16.9 Å². The maximum absolute atomic E-state index is 12.0. The number of hydrogen-bond donors (Lipinski definition) is 2. The smallest absolute Gasteiger partial charge is 0.255 e. The van der Waals surface area contributed by atoms with Gasteiger partial charge >= 0.3 is 0 Å². The number of carbonyl (C=O) groups excluding carboxylic acids is 1. The SMILES string of the molecule is C#CCN(CCC)C(=O)c1cc(O)[nH]c(=O)c1. The second kappa shape index (κ2) is 5.75. The van der Waals surface area contributed by atoms with Gasteiger partial charge < -0.3 is 10.0 Å². The third-order valence-corrected chi connectivity index (χ3v) is 2.14. The van der Waals surface area contributed by atoms with Crippen molar-refractivity contribution in [2.75, 3.05) is 13.1 Å². The minimum absolute atomic E-state index is 0.134. The molecule has 1 rings (SSSR count). The molecule has 5 heteroatoms. The van der Waals surface area contributed by atoms with Crippen molar-refractivity contribution in [1.82, 2.24) is 9.88 Å². The van der Waals surface area contributed by atoms with Crippen molar-refractivity contribution in [2.45, 2.75) is 13.3 Å². The van der Waals surface area contributed by atoms with Crippen LogP contribution in [0, 0.1) is 12.3 Å². The van der Waals surface area contributed by atoms with E-state index in [0.717, 1.165) is 12.5 Å². The fourth-order valence-electron chi connectivity index (χ4n) is 1.47. The monoisotopic (exact) mass is 234 g/mol. The van der Waals surface area contributed by atoms with Gasteiger partial charge in [0.2, 0.25) is 0 Å². The molecule has 0 radical (unpaired) electrons. The van der Waals surface area contributed by atoms with Crippen LogP contribution in [0.5, 0.6) is 5.88 Å². The van der Waals surface area contributed by atoms with Crippen molar-refractivity contribution in [3.63, 3.8) is 0 Å². The molecule has 1 aromatic rings. The van der Waals surface area contributed by atoms with Crippen LogP contribution in [-0.2, 0) is 0 Å². The third kappa shape index (κ3) is 3.38. The maximum atomic E-state index is 12.0. The number of carbonyl (C=O) groups is 1. The number of nitrogens with zero attached hydrogens (tertiary/aromatic N) is 1. The molecule has 0 saturated heterocycles. The molecule has 0 aliphatic carbocycles. The van der Waals surface area contributed by atoms with Gasteiger partial charge in [0.25, 0.3) is 11.5 Å². The predicted molar refractivity (Wildman–Crippen MR) is 63.8 cm³/mol. The molecule has 0 unspecified atom stereocenters.